The number of para-hydroxylation sites is 1. The van der Waals surface area contributed by atoms with Gasteiger partial charge in [-0.3, -0.25) is 9.78 Å². The number of carbonyl (C=O) groups excluding carboxylic acids is 1. The Kier molecular flexibility index (Phi) is 4.02. The molecule has 5 rings (SSSR count). The fourth-order valence-corrected chi connectivity index (χ4v) is 3.34. The van der Waals surface area contributed by atoms with Crippen LogP contribution in [0.25, 0.3) is 33.3 Å². The average molecular weight is 380 g/mol. The van der Waals surface area contributed by atoms with Gasteiger partial charge in [-0.15, -0.1) is 0 Å². The molecule has 0 radical (unpaired) electrons. The summed E-state index contributed by atoms with van der Waals surface area (Å²) in [6.07, 6.45) is 3.44. The number of amides is 1. The lowest BCUT2D eigenvalue weighted by atomic mass is 10.0. The molecule has 0 fully saturated rings. The van der Waals surface area contributed by atoms with E-state index in [9.17, 15) is 4.79 Å². The summed E-state index contributed by atoms with van der Waals surface area (Å²) in [4.78, 5) is 26.3. The van der Waals surface area contributed by atoms with Crippen LogP contribution >= 0.6 is 0 Å². The van der Waals surface area contributed by atoms with Crippen LogP contribution in [0.4, 0.5) is 5.69 Å². The molecule has 1 amide bonds. The monoisotopic (exact) mass is 380 g/mol. The summed E-state index contributed by atoms with van der Waals surface area (Å²) >= 11 is 0. The molecule has 3 aromatic heterocycles. The highest BCUT2D eigenvalue weighted by molar-refractivity contribution is 6.13. The second-order valence-electron chi connectivity index (χ2n) is 6.68. The smallest absolute Gasteiger partial charge is 0.256 e. The maximum Gasteiger partial charge on any atom is 0.256 e. The zero-order valence-electron chi connectivity index (χ0n) is 15.6. The summed E-state index contributed by atoms with van der Waals surface area (Å²) in [5.74, 6) is 0.373. The number of carbonyl (C=O) groups is 1. The largest absolute Gasteiger partial charge is 0.441 e. The van der Waals surface area contributed by atoms with Crippen LogP contribution in [0.1, 0.15) is 16.2 Å². The molecule has 0 unspecified atom stereocenters. The van der Waals surface area contributed by atoms with Gasteiger partial charge >= 0.3 is 0 Å². The Labute approximate surface area is 166 Å². The standard InChI is InChI=1S/C23H16N4O2/c1-14-25-21-11-16(8-9-22(21)29-14)26-23(28)18-12-20(15-5-4-10-24-13-15)27-19-7-3-2-6-17(18)19/h2-13H,1H3,(H,26,28). The number of pyridine rings is 2. The van der Waals surface area contributed by atoms with Gasteiger partial charge in [-0.05, 0) is 42.5 Å². The van der Waals surface area contributed by atoms with E-state index >= 15 is 0 Å². The number of rotatable bonds is 3. The minimum absolute atomic E-state index is 0.215. The van der Waals surface area contributed by atoms with Crippen molar-refractivity contribution in [3.63, 3.8) is 0 Å². The lowest BCUT2D eigenvalue weighted by Gasteiger charge is -2.10. The number of benzene rings is 2. The first-order valence-corrected chi connectivity index (χ1v) is 9.16. The lowest BCUT2D eigenvalue weighted by molar-refractivity contribution is 0.102. The molecule has 0 saturated heterocycles. The van der Waals surface area contributed by atoms with Crippen LogP contribution in [0.15, 0.2) is 77.5 Å². The first-order chi connectivity index (χ1) is 14.2. The van der Waals surface area contributed by atoms with Crippen LogP contribution < -0.4 is 5.32 Å². The molecule has 6 nitrogen and oxygen atoms in total. The maximum absolute atomic E-state index is 13.2. The molecule has 1 N–H and O–H groups in total. The molecular formula is C23H16N4O2. The minimum atomic E-state index is -0.215. The topological polar surface area (TPSA) is 80.9 Å². The quantitative estimate of drug-likeness (QED) is 0.476. The number of hydrogen-bond donors (Lipinski definition) is 1. The van der Waals surface area contributed by atoms with Crippen molar-refractivity contribution >= 4 is 33.6 Å². The van der Waals surface area contributed by atoms with Crippen LogP contribution in [-0.2, 0) is 0 Å². The molecule has 140 valence electrons. The Bertz CT molecular complexity index is 1360. The van der Waals surface area contributed by atoms with Crippen molar-refractivity contribution in [3.8, 4) is 11.3 Å². The summed E-state index contributed by atoms with van der Waals surface area (Å²) in [5.41, 5.74) is 4.90. The number of aryl methyl sites for hydroxylation is 1. The van der Waals surface area contributed by atoms with Crippen LogP contribution in [0.5, 0.6) is 0 Å². The van der Waals surface area contributed by atoms with Gasteiger partial charge in [0.1, 0.15) is 5.52 Å². The number of nitrogens with one attached hydrogen (secondary N) is 1. The van der Waals surface area contributed by atoms with E-state index in [2.05, 4.69) is 15.3 Å². The van der Waals surface area contributed by atoms with Gasteiger partial charge in [0.25, 0.3) is 5.91 Å². The van der Waals surface area contributed by atoms with E-state index in [4.69, 9.17) is 9.40 Å². The summed E-state index contributed by atoms with van der Waals surface area (Å²) < 4.78 is 5.50. The molecule has 0 aliphatic heterocycles. The van der Waals surface area contributed by atoms with Gasteiger partial charge < -0.3 is 9.73 Å². The molecule has 0 spiro atoms. The minimum Gasteiger partial charge on any atom is -0.441 e. The lowest BCUT2D eigenvalue weighted by Crippen LogP contribution is -2.13. The van der Waals surface area contributed by atoms with Crippen molar-refractivity contribution in [2.75, 3.05) is 5.32 Å². The molecule has 6 heteroatoms. The van der Waals surface area contributed by atoms with Gasteiger partial charge in [-0.1, -0.05) is 18.2 Å². The summed E-state index contributed by atoms with van der Waals surface area (Å²) in [7, 11) is 0. The van der Waals surface area contributed by atoms with Crippen LogP contribution in [0.3, 0.4) is 0 Å². The highest BCUT2D eigenvalue weighted by Crippen LogP contribution is 2.26. The van der Waals surface area contributed by atoms with Crippen molar-refractivity contribution in [1.29, 1.82) is 0 Å². The Morgan fingerprint density at radius 2 is 1.86 bits per heavy atom. The number of hydrogen-bond acceptors (Lipinski definition) is 5. The molecule has 0 aliphatic carbocycles. The second kappa shape index (κ2) is 6.83. The molecule has 3 heterocycles. The first kappa shape index (κ1) is 17.1. The van der Waals surface area contributed by atoms with Gasteiger partial charge in [0.2, 0.25) is 0 Å². The zero-order chi connectivity index (χ0) is 19.8. The molecule has 0 atom stereocenters. The third-order valence-corrected chi connectivity index (χ3v) is 4.67. The number of fused-ring (bicyclic) bond motifs is 2. The molecule has 5 aromatic rings. The molecule has 29 heavy (non-hydrogen) atoms. The third kappa shape index (κ3) is 3.21. The predicted molar refractivity (Wildman–Crippen MR) is 112 cm³/mol. The number of anilines is 1. The van der Waals surface area contributed by atoms with Crippen molar-refractivity contribution in [2.24, 2.45) is 0 Å². The molecule has 0 bridgehead atoms. The molecule has 2 aromatic carbocycles. The molecular weight excluding hydrogens is 364 g/mol. The van der Waals surface area contributed by atoms with E-state index in [0.29, 0.717) is 33.9 Å². The summed E-state index contributed by atoms with van der Waals surface area (Å²) in [6, 6.07) is 18.6. The van der Waals surface area contributed by atoms with Gasteiger partial charge in [-0.25, -0.2) is 9.97 Å². The van der Waals surface area contributed by atoms with Crippen LogP contribution in [0.2, 0.25) is 0 Å². The molecule has 0 aliphatic rings. The summed E-state index contributed by atoms with van der Waals surface area (Å²) in [6.45, 7) is 1.79. The van der Waals surface area contributed by atoms with Gasteiger partial charge in [0, 0.05) is 36.0 Å². The highest BCUT2D eigenvalue weighted by atomic mass is 16.3. The maximum atomic E-state index is 13.2. The Morgan fingerprint density at radius 1 is 0.966 bits per heavy atom. The Balaban J connectivity index is 1.57. The fourth-order valence-electron chi connectivity index (χ4n) is 3.34. The van der Waals surface area contributed by atoms with E-state index in [1.54, 1.807) is 43.6 Å². The predicted octanol–water partition coefficient (Wildman–Crippen LogP) is 5.00. The van der Waals surface area contributed by atoms with Crippen LogP contribution in [0, 0.1) is 6.92 Å². The second-order valence-corrected chi connectivity index (χ2v) is 6.68. The van der Waals surface area contributed by atoms with E-state index < -0.39 is 0 Å². The number of aromatic nitrogens is 3. The van der Waals surface area contributed by atoms with E-state index in [1.807, 2.05) is 36.4 Å². The first-order valence-electron chi connectivity index (χ1n) is 9.16. The van der Waals surface area contributed by atoms with Gasteiger partial charge in [-0.2, -0.15) is 0 Å². The van der Waals surface area contributed by atoms with Crippen molar-refractivity contribution in [1.82, 2.24) is 15.0 Å². The highest BCUT2D eigenvalue weighted by Gasteiger charge is 2.15. The fraction of sp³-hybridized carbons (Fsp3) is 0.0435. The third-order valence-electron chi connectivity index (χ3n) is 4.67. The van der Waals surface area contributed by atoms with Gasteiger partial charge in [0.15, 0.2) is 11.5 Å². The van der Waals surface area contributed by atoms with E-state index in [-0.39, 0.29) is 5.91 Å². The van der Waals surface area contributed by atoms with Crippen molar-refractivity contribution in [2.45, 2.75) is 6.92 Å². The van der Waals surface area contributed by atoms with E-state index in [1.165, 1.54) is 0 Å². The molecule has 0 saturated carbocycles. The average Bonchev–Trinajstić information content (AvgIpc) is 3.13. The van der Waals surface area contributed by atoms with Crippen molar-refractivity contribution < 1.29 is 9.21 Å². The van der Waals surface area contributed by atoms with E-state index in [0.717, 1.165) is 16.5 Å². The van der Waals surface area contributed by atoms with Gasteiger partial charge in [0.05, 0.1) is 16.8 Å². The van der Waals surface area contributed by atoms with Crippen molar-refractivity contribution in [3.05, 3.63) is 84.5 Å². The number of nitrogens with zero attached hydrogens (tertiary/aromatic N) is 3. The Morgan fingerprint density at radius 3 is 2.72 bits per heavy atom. The zero-order valence-corrected chi connectivity index (χ0v) is 15.6. The Hall–Kier alpha value is -4.06. The SMILES string of the molecule is Cc1nc2cc(NC(=O)c3cc(-c4cccnc4)nc4ccccc34)ccc2o1. The normalized spacial score (nSPS) is 11.1. The van der Waals surface area contributed by atoms with Crippen LogP contribution in [-0.4, -0.2) is 20.9 Å². The summed E-state index contributed by atoms with van der Waals surface area (Å²) in [5, 5.41) is 3.75. The number of oxazole rings is 1.